The highest BCUT2D eigenvalue weighted by atomic mass is 19.4. The molecule has 4 rings (SSSR count). The Kier molecular flexibility index (Phi) is 7.07. The minimum atomic E-state index is -4.35. The van der Waals surface area contributed by atoms with Gasteiger partial charge in [0.1, 0.15) is 6.61 Å². The normalized spacial score (nSPS) is 20.2. The van der Waals surface area contributed by atoms with Gasteiger partial charge in [0.25, 0.3) is 0 Å². The Labute approximate surface area is 185 Å². The van der Waals surface area contributed by atoms with Crippen LogP contribution in [0.1, 0.15) is 5.56 Å². The van der Waals surface area contributed by atoms with Gasteiger partial charge in [-0.3, -0.25) is 4.90 Å². The second-order valence-electron chi connectivity index (χ2n) is 8.02. The van der Waals surface area contributed by atoms with Gasteiger partial charge < -0.3 is 24.2 Å². The van der Waals surface area contributed by atoms with Crippen molar-refractivity contribution in [3.05, 3.63) is 54.1 Å². The number of nitrogens with zero attached hydrogens (tertiary/aromatic N) is 2. The van der Waals surface area contributed by atoms with E-state index in [9.17, 15) is 18.3 Å². The molecule has 1 saturated heterocycles. The fourth-order valence-electron chi connectivity index (χ4n) is 3.90. The summed E-state index contributed by atoms with van der Waals surface area (Å²) in [5, 5.41) is 10.3. The first-order valence-corrected chi connectivity index (χ1v) is 10.7. The predicted octanol–water partition coefficient (Wildman–Crippen LogP) is 3.04. The number of hydrogen-bond acceptors (Lipinski definition) is 6. The fourth-order valence-corrected chi connectivity index (χ4v) is 3.90. The summed E-state index contributed by atoms with van der Waals surface area (Å²) in [5.41, 5.74) is -0.0690. The highest BCUT2D eigenvalue weighted by Crippen LogP contribution is 2.32. The fraction of sp³-hybridized carbons (Fsp3) is 0.478. The lowest BCUT2D eigenvalue weighted by Gasteiger charge is -2.37. The zero-order valence-electron chi connectivity index (χ0n) is 17.6. The molecule has 9 heteroatoms. The number of aliphatic hydroxyl groups excluding tert-OH is 1. The Hall–Kier alpha value is -2.49. The molecule has 0 spiro atoms. The van der Waals surface area contributed by atoms with Gasteiger partial charge in [-0.2, -0.15) is 13.2 Å². The number of aliphatic hydroxyl groups is 1. The number of piperazine rings is 1. The lowest BCUT2D eigenvalue weighted by atomic mass is 10.1. The molecule has 0 aromatic heterocycles. The first-order chi connectivity index (χ1) is 15.4. The van der Waals surface area contributed by atoms with Gasteiger partial charge in [-0.1, -0.05) is 18.2 Å². The van der Waals surface area contributed by atoms with Gasteiger partial charge in [0.05, 0.1) is 24.9 Å². The van der Waals surface area contributed by atoms with Gasteiger partial charge in [0.2, 0.25) is 0 Å². The third-order valence-corrected chi connectivity index (χ3v) is 5.56. The molecule has 0 saturated carbocycles. The van der Waals surface area contributed by atoms with E-state index in [0.717, 1.165) is 6.07 Å². The maximum absolute atomic E-state index is 12.9. The van der Waals surface area contributed by atoms with E-state index >= 15 is 0 Å². The highest BCUT2D eigenvalue weighted by molar-refractivity contribution is 5.49. The molecule has 1 N–H and O–H groups in total. The number of para-hydroxylation sites is 2. The lowest BCUT2D eigenvalue weighted by molar-refractivity contribution is -0.137. The standard InChI is InChI=1S/C23H27F3N2O4/c24-23(25,26)17-4-3-5-18(12-17)28-10-8-27(9-11-28)13-19(29)14-30-15-20-16-31-21-6-1-2-7-22(21)32-20/h1-7,12,19-20,29H,8-11,13-16H2. The number of rotatable bonds is 7. The molecule has 32 heavy (non-hydrogen) atoms. The second kappa shape index (κ2) is 9.97. The topological polar surface area (TPSA) is 54.4 Å². The lowest BCUT2D eigenvalue weighted by Crippen LogP contribution is -2.49. The summed E-state index contributed by atoms with van der Waals surface area (Å²) in [6.07, 6.45) is -5.24. The summed E-state index contributed by atoms with van der Waals surface area (Å²) in [7, 11) is 0. The van der Waals surface area contributed by atoms with Crippen molar-refractivity contribution in [3.63, 3.8) is 0 Å². The molecule has 2 heterocycles. The summed E-state index contributed by atoms with van der Waals surface area (Å²) in [5.74, 6) is 1.40. The van der Waals surface area contributed by atoms with Gasteiger partial charge in [0, 0.05) is 38.4 Å². The molecule has 0 amide bonds. The SMILES string of the molecule is OC(COCC1COc2ccccc2O1)CN1CCN(c2cccc(C(F)(F)F)c2)CC1. The van der Waals surface area contributed by atoms with Gasteiger partial charge in [-0.05, 0) is 30.3 Å². The van der Waals surface area contributed by atoms with Crippen molar-refractivity contribution in [3.8, 4) is 11.5 Å². The van der Waals surface area contributed by atoms with Crippen LogP contribution in [0.4, 0.5) is 18.9 Å². The molecule has 174 valence electrons. The molecule has 2 aromatic rings. The van der Waals surface area contributed by atoms with Crippen molar-refractivity contribution in [1.82, 2.24) is 4.90 Å². The van der Waals surface area contributed by atoms with Crippen molar-refractivity contribution < 1.29 is 32.5 Å². The molecule has 2 atom stereocenters. The third-order valence-electron chi connectivity index (χ3n) is 5.56. The first-order valence-electron chi connectivity index (χ1n) is 10.7. The summed E-state index contributed by atoms with van der Waals surface area (Å²) in [6, 6.07) is 12.9. The largest absolute Gasteiger partial charge is 0.486 e. The highest BCUT2D eigenvalue weighted by Gasteiger charge is 2.31. The number of anilines is 1. The predicted molar refractivity (Wildman–Crippen MR) is 113 cm³/mol. The Balaban J connectivity index is 1.16. The van der Waals surface area contributed by atoms with Crippen LogP contribution in [0.3, 0.4) is 0 Å². The van der Waals surface area contributed by atoms with Gasteiger partial charge in [-0.15, -0.1) is 0 Å². The van der Waals surface area contributed by atoms with E-state index in [0.29, 0.717) is 63.1 Å². The number of hydrogen-bond donors (Lipinski definition) is 1. The van der Waals surface area contributed by atoms with Crippen molar-refractivity contribution in [2.24, 2.45) is 0 Å². The molecule has 0 radical (unpaired) electrons. The molecular formula is C23H27F3N2O4. The quantitative estimate of drug-likeness (QED) is 0.697. The van der Waals surface area contributed by atoms with Crippen LogP contribution in [-0.4, -0.2) is 74.8 Å². The monoisotopic (exact) mass is 452 g/mol. The molecule has 0 bridgehead atoms. The molecule has 2 aliphatic rings. The Morgan fingerprint density at radius 1 is 1.03 bits per heavy atom. The Morgan fingerprint density at radius 3 is 2.53 bits per heavy atom. The van der Waals surface area contributed by atoms with Crippen molar-refractivity contribution in [2.45, 2.75) is 18.4 Å². The average Bonchev–Trinajstić information content (AvgIpc) is 2.79. The summed E-state index contributed by atoms with van der Waals surface area (Å²) in [6.45, 7) is 3.84. The van der Waals surface area contributed by atoms with Crippen LogP contribution >= 0.6 is 0 Å². The van der Waals surface area contributed by atoms with E-state index in [1.807, 2.05) is 29.2 Å². The number of fused-ring (bicyclic) bond motifs is 1. The van der Waals surface area contributed by atoms with Crippen molar-refractivity contribution >= 4 is 5.69 Å². The number of halogens is 3. The van der Waals surface area contributed by atoms with Crippen LogP contribution < -0.4 is 14.4 Å². The zero-order valence-corrected chi connectivity index (χ0v) is 17.6. The van der Waals surface area contributed by atoms with Crippen molar-refractivity contribution in [2.75, 3.05) is 57.4 Å². The molecule has 2 unspecified atom stereocenters. The minimum absolute atomic E-state index is 0.176. The van der Waals surface area contributed by atoms with Crippen molar-refractivity contribution in [1.29, 1.82) is 0 Å². The van der Waals surface area contributed by atoms with Crippen LogP contribution in [0.5, 0.6) is 11.5 Å². The van der Waals surface area contributed by atoms with Crippen LogP contribution in [-0.2, 0) is 10.9 Å². The third kappa shape index (κ3) is 5.85. The first kappa shape index (κ1) is 22.7. The maximum Gasteiger partial charge on any atom is 0.416 e. The van der Waals surface area contributed by atoms with Crippen LogP contribution in [0, 0.1) is 0 Å². The number of benzene rings is 2. The number of alkyl halides is 3. The van der Waals surface area contributed by atoms with Gasteiger partial charge >= 0.3 is 6.18 Å². The van der Waals surface area contributed by atoms with Gasteiger partial charge in [-0.25, -0.2) is 0 Å². The van der Waals surface area contributed by atoms with E-state index < -0.39 is 17.8 Å². The van der Waals surface area contributed by atoms with Crippen LogP contribution in [0.25, 0.3) is 0 Å². The molecule has 1 fully saturated rings. The van der Waals surface area contributed by atoms with E-state index in [1.54, 1.807) is 6.07 Å². The van der Waals surface area contributed by atoms with Gasteiger partial charge in [0.15, 0.2) is 17.6 Å². The zero-order chi connectivity index (χ0) is 22.6. The number of β-amino-alcohol motifs (C(OH)–C–C–N with tert-alkyl or cyclic N) is 1. The summed E-state index contributed by atoms with van der Waals surface area (Å²) >= 11 is 0. The van der Waals surface area contributed by atoms with Crippen LogP contribution in [0.15, 0.2) is 48.5 Å². The average molecular weight is 452 g/mol. The molecule has 2 aliphatic heterocycles. The van der Waals surface area contributed by atoms with E-state index in [2.05, 4.69) is 4.90 Å². The Bertz CT molecular complexity index is 888. The molecular weight excluding hydrogens is 425 g/mol. The Morgan fingerprint density at radius 2 is 1.78 bits per heavy atom. The molecule has 0 aliphatic carbocycles. The van der Waals surface area contributed by atoms with Crippen LogP contribution in [0.2, 0.25) is 0 Å². The summed E-state index contributed by atoms with van der Waals surface area (Å²) in [4.78, 5) is 4.03. The minimum Gasteiger partial charge on any atom is -0.486 e. The molecule has 2 aromatic carbocycles. The summed E-state index contributed by atoms with van der Waals surface area (Å²) < 4.78 is 55.9. The number of ether oxygens (including phenoxy) is 3. The smallest absolute Gasteiger partial charge is 0.416 e. The maximum atomic E-state index is 12.9. The van der Waals surface area contributed by atoms with E-state index in [-0.39, 0.29) is 12.7 Å². The van der Waals surface area contributed by atoms with E-state index in [1.165, 1.54) is 12.1 Å². The van der Waals surface area contributed by atoms with E-state index in [4.69, 9.17) is 14.2 Å². The second-order valence-corrected chi connectivity index (χ2v) is 8.02. The molecule has 6 nitrogen and oxygen atoms in total.